The third-order valence-corrected chi connectivity index (χ3v) is 5.77. The number of carbonyl (C=O) groups is 1. The van der Waals surface area contributed by atoms with E-state index in [1.54, 1.807) is 12.1 Å². The summed E-state index contributed by atoms with van der Waals surface area (Å²) < 4.78 is 25.0. The lowest BCUT2D eigenvalue weighted by molar-refractivity contribution is -0.114. The van der Waals surface area contributed by atoms with Crippen LogP contribution in [0.25, 0.3) is 0 Å². The quantitative estimate of drug-likeness (QED) is 0.730. The van der Waals surface area contributed by atoms with Crippen LogP contribution in [0, 0.1) is 0 Å². The van der Waals surface area contributed by atoms with Crippen molar-refractivity contribution in [2.75, 3.05) is 22.4 Å². The first-order valence-electron chi connectivity index (χ1n) is 6.76. The highest BCUT2D eigenvalue weighted by molar-refractivity contribution is 7.92. The van der Waals surface area contributed by atoms with E-state index in [9.17, 15) is 13.2 Å². The van der Waals surface area contributed by atoms with Crippen molar-refractivity contribution in [2.24, 2.45) is 0 Å². The Morgan fingerprint density at radius 1 is 1.04 bits per heavy atom. The number of benzene rings is 2. The van der Waals surface area contributed by atoms with Gasteiger partial charge in [0, 0.05) is 5.69 Å². The van der Waals surface area contributed by atoms with Gasteiger partial charge in [-0.15, -0.1) is 0 Å². The smallest absolute Gasteiger partial charge is 0.245 e. The van der Waals surface area contributed by atoms with Crippen LogP contribution in [0.5, 0.6) is 0 Å². The maximum absolute atomic E-state index is 12.3. The lowest BCUT2D eigenvalue weighted by Gasteiger charge is -2.23. The molecule has 0 aromatic heterocycles. The molecule has 0 aliphatic carbocycles. The molecule has 10 heteroatoms. The molecule has 0 heterocycles. The van der Waals surface area contributed by atoms with E-state index in [0.29, 0.717) is 10.7 Å². The van der Waals surface area contributed by atoms with Gasteiger partial charge in [0.15, 0.2) is 0 Å². The maximum atomic E-state index is 12.3. The molecule has 5 nitrogen and oxygen atoms in total. The van der Waals surface area contributed by atoms with Gasteiger partial charge >= 0.3 is 0 Å². The van der Waals surface area contributed by atoms with Crippen LogP contribution in [-0.4, -0.2) is 27.1 Å². The molecule has 0 spiro atoms. The fourth-order valence-electron chi connectivity index (χ4n) is 1.97. The van der Waals surface area contributed by atoms with Crippen LogP contribution >= 0.6 is 46.4 Å². The van der Waals surface area contributed by atoms with Gasteiger partial charge in [0.1, 0.15) is 6.54 Å². The number of carbonyl (C=O) groups excluding carboxylic acids is 1. The summed E-state index contributed by atoms with van der Waals surface area (Å²) in [5.74, 6) is -0.583. The SMILES string of the molecule is CS(=O)(=O)N(CC(=O)Nc1ccc(Cl)c(Cl)c1)c1cccc(Cl)c1Cl. The molecule has 0 fully saturated rings. The highest BCUT2D eigenvalue weighted by Crippen LogP contribution is 2.33. The second kappa shape index (κ2) is 8.01. The molecule has 1 amide bonds. The van der Waals surface area contributed by atoms with Crippen molar-refractivity contribution in [1.82, 2.24) is 0 Å². The fraction of sp³-hybridized carbons (Fsp3) is 0.133. The number of nitrogens with zero attached hydrogens (tertiary/aromatic N) is 1. The van der Waals surface area contributed by atoms with Gasteiger partial charge in [-0.1, -0.05) is 52.5 Å². The number of anilines is 2. The molecule has 1 N–H and O–H groups in total. The van der Waals surface area contributed by atoms with Crippen LogP contribution in [0.15, 0.2) is 36.4 Å². The Labute approximate surface area is 165 Å². The molecule has 0 saturated heterocycles. The third-order valence-electron chi connectivity index (χ3n) is 3.09. The monoisotopic (exact) mass is 440 g/mol. The molecule has 0 unspecified atom stereocenters. The molecule has 0 saturated carbocycles. The average Bonchev–Trinajstić information content (AvgIpc) is 2.51. The van der Waals surface area contributed by atoms with E-state index in [-0.39, 0.29) is 20.8 Å². The van der Waals surface area contributed by atoms with Gasteiger partial charge in [0.2, 0.25) is 15.9 Å². The maximum Gasteiger partial charge on any atom is 0.245 e. The molecule has 0 atom stereocenters. The number of hydrogen-bond donors (Lipinski definition) is 1. The topological polar surface area (TPSA) is 66.5 Å². The van der Waals surface area contributed by atoms with Gasteiger partial charge < -0.3 is 5.32 Å². The third kappa shape index (κ3) is 5.15. The van der Waals surface area contributed by atoms with E-state index >= 15 is 0 Å². The zero-order valence-corrected chi connectivity index (χ0v) is 16.6. The van der Waals surface area contributed by atoms with Gasteiger partial charge in [-0.25, -0.2) is 8.42 Å². The molecule has 2 rings (SSSR count). The lowest BCUT2D eigenvalue weighted by Crippen LogP contribution is -2.37. The fourth-order valence-corrected chi connectivity index (χ4v) is 3.58. The van der Waals surface area contributed by atoms with Gasteiger partial charge in [0.05, 0.1) is 32.0 Å². The van der Waals surface area contributed by atoms with Crippen molar-refractivity contribution in [1.29, 1.82) is 0 Å². The lowest BCUT2D eigenvalue weighted by atomic mass is 10.3. The van der Waals surface area contributed by atoms with Crippen LogP contribution in [-0.2, 0) is 14.8 Å². The summed E-state index contributed by atoms with van der Waals surface area (Å²) in [7, 11) is -3.78. The van der Waals surface area contributed by atoms with Crippen LogP contribution < -0.4 is 9.62 Å². The molecule has 0 radical (unpaired) electrons. The second-order valence-corrected chi connectivity index (χ2v) is 8.53. The Hall–Kier alpha value is -1.18. The van der Waals surface area contributed by atoms with Crippen molar-refractivity contribution in [3.05, 3.63) is 56.5 Å². The largest absolute Gasteiger partial charge is 0.324 e. The highest BCUT2D eigenvalue weighted by atomic mass is 35.5. The van der Waals surface area contributed by atoms with Gasteiger partial charge in [0.25, 0.3) is 0 Å². The number of hydrogen-bond acceptors (Lipinski definition) is 3. The van der Waals surface area contributed by atoms with Crippen LogP contribution in [0.1, 0.15) is 0 Å². The minimum atomic E-state index is -3.78. The number of amides is 1. The first kappa shape index (κ1) is 20.1. The summed E-state index contributed by atoms with van der Waals surface area (Å²) in [5.41, 5.74) is 0.492. The summed E-state index contributed by atoms with van der Waals surface area (Å²) in [6.07, 6.45) is 0.969. The predicted molar refractivity (Wildman–Crippen MR) is 104 cm³/mol. The van der Waals surface area contributed by atoms with E-state index in [0.717, 1.165) is 10.6 Å². The Balaban J connectivity index is 2.27. The molecule has 2 aromatic carbocycles. The minimum Gasteiger partial charge on any atom is -0.324 e. The first-order chi connectivity index (χ1) is 11.6. The van der Waals surface area contributed by atoms with E-state index < -0.39 is 22.5 Å². The molecular weight excluding hydrogens is 430 g/mol. The van der Waals surface area contributed by atoms with Gasteiger partial charge in [-0.05, 0) is 30.3 Å². The van der Waals surface area contributed by atoms with E-state index in [1.165, 1.54) is 24.3 Å². The van der Waals surface area contributed by atoms with E-state index in [1.807, 2.05) is 0 Å². The summed E-state index contributed by atoms with van der Waals surface area (Å²) in [6.45, 7) is -0.487. The van der Waals surface area contributed by atoms with Crippen LogP contribution in [0.2, 0.25) is 20.1 Å². The molecule has 134 valence electrons. The Morgan fingerprint density at radius 2 is 1.72 bits per heavy atom. The molecule has 0 aliphatic rings. The standard InChI is InChI=1S/C15H12Cl4N2O3S/c1-25(23,24)21(13-4-2-3-11(17)15(13)19)8-14(22)20-9-5-6-10(16)12(18)7-9/h2-7H,8H2,1H3,(H,20,22). The van der Waals surface area contributed by atoms with Crippen molar-refractivity contribution in [2.45, 2.75) is 0 Å². The average molecular weight is 442 g/mol. The Bertz CT molecular complexity index is 919. The summed E-state index contributed by atoms with van der Waals surface area (Å²) in [6, 6.07) is 9.04. The van der Waals surface area contributed by atoms with Crippen molar-refractivity contribution >= 4 is 73.7 Å². The number of nitrogens with one attached hydrogen (secondary N) is 1. The van der Waals surface area contributed by atoms with E-state index in [4.69, 9.17) is 46.4 Å². The highest BCUT2D eigenvalue weighted by Gasteiger charge is 2.24. The summed E-state index contributed by atoms with van der Waals surface area (Å²) >= 11 is 23.7. The molecule has 0 bridgehead atoms. The van der Waals surface area contributed by atoms with Crippen molar-refractivity contribution in [3.8, 4) is 0 Å². The Kier molecular flexibility index (Phi) is 6.45. The molecule has 25 heavy (non-hydrogen) atoms. The summed E-state index contributed by atoms with van der Waals surface area (Å²) in [4.78, 5) is 12.3. The van der Waals surface area contributed by atoms with E-state index in [2.05, 4.69) is 5.32 Å². The minimum absolute atomic E-state index is 0.0388. The molecular formula is C15H12Cl4N2O3S. The zero-order chi connectivity index (χ0) is 18.8. The molecule has 2 aromatic rings. The van der Waals surface area contributed by atoms with Crippen molar-refractivity contribution < 1.29 is 13.2 Å². The zero-order valence-electron chi connectivity index (χ0n) is 12.8. The number of halogens is 4. The normalized spacial score (nSPS) is 11.2. The van der Waals surface area contributed by atoms with Crippen molar-refractivity contribution in [3.63, 3.8) is 0 Å². The first-order valence-corrected chi connectivity index (χ1v) is 10.1. The predicted octanol–water partition coefficient (Wildman–Crippen LogP) is 4.70. The van der Waals surface area contributed by atoms with Gasteiger partial charge in [-0.3, -0.25) is 9.10 Å². The molecule has 0 aliphatic heterocycles. The number of sulfonamides is 1. The second-order valence-electron chi connectivity index (χ2n) is 5.02. The number of rotatable bonds is 5. The Morgan fingerprint density at radius 3 is 2.32 bits per heavy atom. The van der Waals surface area contributed by atoms with Crippen LogP contribution in [0.3, 0.4) is 0 Å². The van der Waals surface area contributed by atoms with Crippen LogP contribution in [0.4, 0.5) is 11.4 Å². The van der Waals surface area contributed by atoms with Gasteiger partial charge in [-0.2, -0.15) is 0 Å². The summed E-state index contributed by atoms with van der Waals surface area (Å²) in [5, 5.41) is 3.37.